The van der Waals surface area contributed by atoms with Gasteiger partial charge in [0.1, 0.15) is 0 Å². The van der Waals surface area contributed by atoms with E-state index in [1.807, 2.05) is 0 Å². The maximum Gasteiger partial charge on any atom is 0.270 e. The lowest BCUT2D eigenvalue weighted by Crippen LogP contribution is -2.22. The third-order valence-corrected chi connectivity index (χ3v) is 2.43. The number of nitro benzene ring substituents is 1. The van der Waals surface area contributed by atoms with Crippen LogP contribution in [0.5, 0.6) is 0 Å². The van der Waals surface area contributed by atoms with Crippen LogP contribution in [0.15, 0.2) is 30.3 Å². The molecule has 0 radical (unpaired) electrons. The van der Waals surface area contributed by atoms with Crippen LogP contribution < -0.4 is 5.32 Å². The largest absolute Gasteiger partial charge is 0.350 e. The summed E-state index contributed by atoms with van der Waals surface area (Å²) in [6.45, 7) is 0. The topological polar surface area (TPSA) is 72.2 Å². The van der Waals surface area contributed by atoms with Crippen LogP contribution in [0.3, 0.4) is 0 Å². The molecule has 5 nitrogen and oxygen atoms in total. The summed E-state index contributed by atoms with van der Waals surface area (Å²) in [7, 11) is 0. The summed E-state index contributed by atoms with van der Waals surface area (Å²) in [5.74, 6) is -0.154. The van der Waals surface area contributed by atoms with Crippen molar-refractivity contribution in [2.75, 3.05) is 0 Å². The molecule has 1 aliphatic carbocycles. The van der Waals surface area contributed by atoms with E-state index in [0.717, 1.165) is 12.8 Å². The zero-order chi connectivity index (χ0) is 12.3. The minimum Gasteiger partial charge on any atom is -0.350 e. The monoisotopic (exact) mass is 232 g/mol. The fourth-order valence-electron chi connectivity index (χ4n) is 1.39. The van der Waals surface area contributed by atoms with E-state index in [2.05, 4.69) is 5.32 Å². The average molecular weight is 232 g/mol. The molecule has 0 heterocycles. The first-order valence-corrected chi connectivity index (χ1v) is 5.38. The second kappa shape index (κ2) is 4.78. The van der Waals surface area contributed by atoms with E-state index in [1.54, 1.807) is 18.2 Å². The van der Waals surface area contributed by atoms with Gasteiger partial charge in [0.25, 0.3) is 5.69 Å². The fourth-order valence-corrected chi connectivity index (χ4v) is 1.39. The Bertz CT molecular complexity index is 478. The molecule has 1 aliphatic rings. The molecule has 0 aliphatic heterocycles. The Hall–Kier alpha value is -2.17. The van der Waals surface area contributed by atoms with Gasteiger partial charge in [-0.2, -0.15) is 0 Å². The molecule has 0 aromatic heterocycles. The number of hydrogen-bond acceptors (Lipinski definition) is 3. The Morgan fingerprint density at radius 2 is 2.24 bits per heavy atom. The molecule has 0 unspecified atom stereocenters. The van der Waals surface area contributed by atoms with Crippen molar-refractivity contribution in [2.45, 2.75) is 18.9 Å². The number of amides is 1. The van der Waals surface area contributed by atoms with E-state index >= 15 is 0 Å². The molecule has 2 rings (SSSR count). The highest BCUT2D eigenvalue weighted by Gasteiger charge is 2.21. The molecule has 1 aromatic carbocycles. The number of nitrogens with zero attached hydrogens (tertiary/aromatic N) is 1. The second-order valence-corrected chi connectivity index (χ2v) is 3.97. The van der Waals surface area contributed by atoms with Gasteiger partial charge < -0.3 is 5.32 Å². The van der Waals surface area contributed by atoms with Crippen molar-refractivity contribution in [1.82, 2.24) is 5.32 Å². The first-order chi connectivity index (χ1) is 8.15. The van der Waals surface area contributed by atoms with E-state index in [9.17, 15) is 14.9 Å². The molecule has 17 heavy (non-hydrogen) atoms. The van der Waals surface area contributed by atoms with Gasteiger partial charge in [-0.15, -0.1) is 0 Å². The first-order valence-electron chi connectivity index (χ1n) is 5.38. The molecule has 88 valence electrons. The van der Waals surface area contributed by atoms with Gasteiger partial charge in [-0.05, 0) is 24.5 Å². The van der Waals surface area contributed by atoms with Gasteiger partial charge in [0, 0.05) is 24.3 Å². The summed E-state index contributed by atoms with van der Waals surface area (Å²) in [5, 5.41) is 13.3. The molecule has 1 N–H and O–H groups in total. The van der Waals surface area contributed by atoms with Crippen LogP contribution in [-0.4, -0.2) is 16.9 Å². The maximum atomic E-state index is 11.4. The van der Waals surface area contributed by atoms with Gasteiger partial charge in [-0.25, -0.2) is 0 Å². The number of hydrogen-bond donors (Lipinski definition) is 1. The van der Waals surface area contributed by atoms with Gasteiger partial charge in [-0.1, -0.05) is 12.1 Å². The van der Waals surface area contributed by atoms with E-state index in [0.29, 0.717) is 11.6 Å². The predicted octanol–water partition coefficient (Wildman–Crippen LogP) is 1.89. The molecular formula is C12H12N2O3. The SMILES string of the molecule is O=C(C=Cc1cccc([N+](=O)[O-])c1)NC1CC1. The van der Waals surface area contributed by atoms with Crippen LogP contribution in [0, 0.1) is 10.1 Å². The summed E-state index contributed by atoms with van der Waals surface area (Å²) in [6, 6.07) is 6.48. The number of nitro groups is 1. The summed E-state index contributed by atoms with van der Waals surface area (Å²) in [6.07, 6.45) is 5.05. The number of carbonyl (C=O) groups excluding carboxylic acids is 1. The lowest BCUT2D eigenvalue weighted by atomic mass is 10.2. The van der Waals surface area contributed by atoms with E-state index in [1.165, 1.54) is 18.2 Å². The quantitative estimate of drug-likeness (QED) is 0.489. The van der Waals surface area contributed by atoms with Crippen LogP contribution in [0.2, 0.25) is 0 Å². The molecule has 0 saturated heterocycles. The number of rotatable bonds is 4. The summed E-state index contributed by atoms with van der Waals surface area (Å²) < 4.78 is 0. The van der Waals surface area contributed by atoms with Crippen LogP contribution in [0.4, 0.5) is 5.69 Å². The average Bonchev–Trinajstić information content (AvgIpc) is 3.11. The van der Waals surface area contributed by atoms with E-state index in [-0.39, 0.29) is 11.6 Å². The van der Waals surface area contributed by atoms with Gasteiger partial charge in [0.05, 0.1) is 4.92 Å². The van der Waals surface area contributed by atoms with Crippen molar-refractivity contribution in [3.8, 4) is 0 Å². The third-order valence-electron chi connectivity index (χ3n) is 2.43. The van der Waals surface area contributed by atoms with E-state index < -0.39 is 4.92 Å². The lowest BCUT2D eigenvalue weighted by molar-refractivity contribution is -0.384. The molecule has 0 spiro atoms. The Labute approximate surface area is 98.3 Å². The van der Waals surface area contributed by atoms with Crippen molar-refractivity contribution in [3.05, 3.63) is 46.0 Å². The molecule has 5 heteroatoms. The van der Waals surface area contributed by atoms with Crippen molar-refractivity contribution in [2.24, 2.45) is 0 Å². The fraction of sp³-hybridized carbons (Fsp3) is 0.250. The number of benzene rings is 1. The van der Waals surface area contributed by atoms with Crippen LogP contribution >= 0.6 is 0 Å². The number of non-ortho nitro benzene ring substituents is 1. The smallest absolute Gasteiger partial charge is 0.270 e. The minimum absolute atomic E-state index is 0.0229. The molecule has 1 amide bonds. The molecule has 1 fully saturated rings. The normalized spacial score (nSPS) is 14.8. The number of carbonyl (C=O) groups is 1. The standard InChI is InChI=1S/C12H12N2O3/c15-12(13-10-5-6-10)7-4-9-2-1-3-11(8-9)14(16)17/h1-4,7-8,10H,5-6H2,(H,13,15). The van der Waals surface area contributed by atoms with Crippen molar-refractivity contribution < 1.29 is 9.72 Å². The van der Waals surface area contributed by atoms with Crippen molar-refractivity contribution >= 4 is 17.7 Å². The van der Waals surface area contributed by atoms with E-state index in [4.69, 9.17) is 0 Å². The Balaban J connectivity index is 2.01. The molecular weight excluding hydrogens is 220 g/mol. The Kier molecular flexibility index (Phi) is 3.18. The molecule has 1 aromatic rings. The zero-order valence-electron chi connectivity index (χ0n) is 9.13. The summed E-state index contributed by atoms with van der Waals surface area (Å²) in [4.78, 5) is 21.4. The Morgan fingerprint density at radius 1 is 1.47 bits per heavy atom. The van der Waals surface area contributed by atoms with Gasteiger partial charge in [-0.3, -0.25) is 14.9 Å². The minimum atomic E-state index is -0.457. The lowest BCUT2D eigenvalue weighted by Gasteiger charge is -1.97. The summed E-state index contributed by atoms with van der Waals surface area (Å²) >= 11 is 0. The van der Waals surface area contributed by atoms with Gasteiger partial charge >= 0.3 is 0 Å². The Morgan fingerprint density at radius 3 is 2.88 bits per heavy atom. The molecule has 0 bridgehead atoms. The highest BCUT2D eigenvalue weighted by Crippen LogP contribution is 2.18. The van der Waals surface area contributed by atoms with Crippen LogP contribution in [0.1, 0.15) is 18.4 Å². The van der Waals surface area contributed by atoms with Crippen molar-refractivity contribution in [1.29, 1.82) is 0 Å². The zero-order valence-corrected chi connectivity index (χ0v) is 9.13. The van der Waals surface area contributed by atoms with Gasteiger partial charge in [0.15, 0.2) is 0 Å². The highest BCUT2D eigenvalue weighted by atomic mass is 16.6. The maximum absolute atomic E-state index is 11.4. The van der Waals surface area contributed by atoms with Gasteiger partial charge in [0.2, 0.25) is 5.91 Å². The molecule has 1 saturated carbocycles. The van der Waals surface area contributed by atoms with Crippen LogP contribution in [-0.2, 0) is 4.79 Å². The predicted molar refractivity (Wildman–Crippen MR) is 63.3 cm³/mol. The highest BCUT2D eigenvalue weighted by molar-refractivity contribution is 5.92. The van der Waals surface area contributed by atoms with Crippen molar-refractivity contribution in [3.63, 3.8) is 0 Å². The number of nitrogens with one attached hydrogen (secondary N) is 1. The summed E-state index contributed by atoms with van der Waals surface area (Å²) in [5.41, 5.74) is 0.667. The second-order valence-electron chi connectivity index (χ2n) is 3.97. The first kappa shape index (κ1) is 11.3. The van der Waals surface area contributed by atoms with Crippen LogP contribution in [0.25, 0.3) is 6.08 Å². The molecule has 0 atom stereocenters. The third kappa shape index (κ3) is 3.41.